The van der Waals surface area contributed by atoms with Crippen LogP contribution in [-0.2, 0) is 9.59 Å². The quantitative estimate of drug-likeness (QED) is 0.842. The molecule has 114 valence electrons. The molecule has 2 aliphatic rings. The lowest BCUT2D eigenvalue weighted by molar-refractivity contribution is -0.154. The first kappa shape index (κ1) is 15.3. The Kier molecular flexibility index (Phi) is 5.06. The van der Waals surface area contributed by atoms with Gasteiger partial charge < -0.3 is 10.0 Å². The second-order valence-electron chi connectivity index (χ2n) is 6.44. The molecule has 0 heterocycles. The van der Waals surface area contributed by atoms with Crippen molar-refractivity contribution in [3.63, 3.8) is 0 Å². The van der Waals surface area contributed by atoms with E-state index in [4.69, 9.17) is 0 Å². The first-order valence-corrected chi connectivity index (χ1v) is 8.12. The smallest absolute Gasteiger partial charge is 0.310 e. The summed E-state index contributed by atoms with van der Waals surface area (Å²) >= 11 is 0. The summed E-state index contributed by atoms with van der Waals surface area (Å²) < 4.78 is 0. The molecule has 1 N–H and O–H groups in total. The average molecular weight is 281 g/mol. The van der Waals surface area contributed by atoms with Crippen LogP contribution in [0.4, 0.5) is 0 Å². The third-order valence-electron chi connectivity index (χ3n) is 5.18. The summed E-state index contributed by atoms with van der Waals surface area (Å²) in [5.74, 6) is -0.716. The van der Waals surface area contributed by atoms with E-state index in [1.165, 1.54) is 19.3 Å². The molecule has 2 saturated carbocycles. The van der Waals surface area contributed by atoms with Gasteiger partial charge >= 0.3 is 5.97 Å². The minimum Gasteiger partial charge on any atom is -0.481 e. The molecule has 2 rings (SSSR count). The summed E-state index contributed by atoms with van der Waals surface area (Å²) in [6.07, 6.45) is 9.22. The van der Waals surface area contributed by atoms with Crippen LogP contribution < -0.4 is 0 Å². The first-order valence-electron chi connectivity index (χ1n) is 8.12. The molecule has 0 saturated heterocycles. The molecule has 2 aliphatic carbocycles. The maximum atomic E-state index is 12.6. The predicted molar refractivity (Wildman–Crippen MR) is 77.4 cm³/mol. The molecule has 0 aromatic rings. The minimum absolute atomic E-state index is 0.0590. The molecular weight excluding hydrogens is 254 g/mol. The van der Waals surface area contributed by atoms with E-state index < -0.39 is 11.4 Å². The Morgan fingerprint density at radius 3 is 2.20 bits per heavy atom. The van der Waals surface area contributed by atoms with Gasteiger partial charge in [-0.05, 0) is 32.6 Å². The number of hydrogen-bond acceptors (Lipinski definition) is 2. The van der Waals surface area contributed by atoms with E-state index in [-0.39, 0.29) is 12.3 Å². The van der Waals surface area contributed by atoms with Crippen molar-refractivity contribution in [3.05, 3.63) is 0 Å². The highest BCUT2D eigenvalue weighted by Gasteiger charge is 2.44. The number of carbonyl (C=O) groups is 2. The standard InChI is InChI=1S/C16H27NO3/c1-2-17(13-8-4-3-5-9-13)14(18)12-16(15(19)20)10-6-7-11-16/h13H,2-12H2,1H3,(H,19,20). The molecule has 0 unspecified atom stereocenters. The van der Waals surface area contributed by atoms with Crippen LogP contribution in [0.5, 0.6) is 0 Å². The Balaban J connectivity index is 2.02. The van der Waals surface area contributed by atoms with E-state index in [9.17, 15) is 14.7 Å². The lowest BCUT2D eigenvalue weighted by Gasteiger charge is -2.35. The minimum atomic E-state index is -0.779. The van der Waals surface area contributed by atoms with Crippen LogP contribution in [0.2, 0.25) is 0 Å². The van der Waals surface area contributed by atoms with Crippen LogP contribution in [0.15, 0.2) is 0 Å². The molecule has 20 heavy (non-hydrogen) atoms. The normalized spacial score (nSPS) is 22.6. The molecule has 0 bridgehead atoms. The maximum absolute atomic E-state index is 12.6. The highest BCUT2D eigenvalue weighted by atomic mass is 16.4. The number of hydrogen-bond donors (Lipinski definition) is 1. The monoisotopic (exact) mass is 281 g/mol. The van der Waals surface area contributed by atoms with Crippen molar-refractivity contribution in [2.75, 3.05) is 6.54 Å². The molecule has 4 nitrogen and oxygen atoms in total. The molecule has 0 aromatic heterocycles. The third kappa shape index (κ3) is 3.15. The van der Waals surface area contributed by atoms with Gasteiger partial charge in [0.25, 0.3) is 0 Å². The number of rotatable bonds is 5. The maximum Gasteiger partial charge on any atom is 0.310 e. The molecule has 4 heteroatoms. The van der Waals surface area contributed by atoms with Gasteiger partial charge in [0.2, 0.25) is 5.91 Å². The highest BCUT2D eigenvalue weighted by Crippen LogP contribution is 2.42. The fourth-order valence-corrected chi connectivity index (χ4v) is 3.94. The fraction of sp³-hybridized carbons (Fsp3) is 0.875. The topological polar surface area (TPSA) is 57.6 Å². The summed E-state index contributed by atoms with van der Waals surface area (Å²) in [5, 5.41) is 9.51. The highest BCUT2D eigenvalue weighted by molar-refractivity contribution is 5.85. The van der Waals surface area contributed by atoms with E-state index >= 15 is 0 Å². The average Bonchev–Trinajstić information content (AvgIpc) is 2.90. The number of carboxylic acid groups (broad SMARTS) is 1. The molecule has 0 atom stereocenters. The van der Waals surface area contributed by atoms with Crippen molar-refractivity contribution in [2.45, 2.75) is 77.2 Å². The largest absolute Gasteiger partial charge is 0.481 e. The van der Waals surface area contributed by atoms with Gasteiger partial charge in [0.05, 0.1) is 5.41 Å². The first-order chi connectivity index (χ1) is 9.59. The van der Waals surface area contributed by atoms with E-state index in [0.29, 0.717) is 25.4 Å². The summed E-state index contributed by atoms with van der Waals surface area (Å²) in [6.45, 7) is 2.72. The van der Waals surface area contributed by atoms with E-state index in [2.05, 4.69) is 0 Å². The van der Waals surface area contributed by atoms with Gasteiger partial charge in [-0.2, -0.15) is 0 Å². The summed E-state index contributed by atoms with van der Waals surface area (Å²) in [6, 6.07) is 0.341. The Bertz CT molecular complexity index is 355. The molecule has 2 fully saturated rings. The van der Waals surface area contributed by atoms with Crippen molar-refractivity contribution in [1.29, 1.82) is 0 Å². The fourth-order valence-electron chi connectivity index (χ4n) is 3.94. The lowest BCUT2D eigenvalue weighted by Crippen LogP contribution is -2.44. The van der Waals surface area contributed by atoms with Crippen LogP contribution in [0.3, 0.4) is 0 Å². The Morgan fingerprint density at radius 1 is 1.10 bits per heavy atom. The molecule has 0 aliphatic heterocycles. The summed E-state index contributed by atoms with van der Waals surface area (Å²) in [5.41, 5.74) is -0.779. The molecule has 0 aromatic carbocycles. The molecule has 1 amide bonds. The second kappa shape index (κ2) is 6.59. The second-order valence-corrected chi connectivity index (χ2v) is 6.44. The SMILES string of the molecule is CCN(C(=O)CC1(C(=O)O)CCCC1)C1CCCCC1. The van der Waals surface area contributed by atoms with Crippen molar-refractivity contribution >= 4 is 11.9 Å². The van der Waals surface area contributed by atoms with E-state index in [0.717, 1.165) is 25.7 Å². The zero-order chi connectivity index (χ0) is 14.6. The summed E-state index contributed by atoms with van der Waals surface area (Å²) in [4.78, 5) is 26.1. The Labute approximate surface area is 121 Å². The summed E-state index contributed by atoms with van der Waals surface area (Å²) in [7, 11) is 0. The van der Waals surface area contributed by atoms with Crippen molar-refractivity contribution in [1.82, 2.24) is 4.90 Å². The Morgan fingerprint density at radius 2 is 1.70 bits per heavy atom. The van der Waals surface area contributed by atoms with Gasteiger partial charge in [-0.1, -0.05) is 32.1 Å². The third-order valence-corrected chi connectivity index (χ3v) is 5.18. The predicted octanol–water partition coefficient (Wildman–Crippen LogP) is 3.20. The van der Waals surface area contributed by atoms with Crippen molar-refractivity contribution in [2.24, 2.45) is 5.41 Å². The number of carbonyl (C=O) groups excluding carboxylic acids is 1. The van der Waals surface area contributed by atoms with Crippen molar-refractivity contribution < 1.29 is 14.7 Å². The van der Waals surface area contributed by atoms with Gasteiger partial charge in [-0.3, -0.25) is 9.59 Å². The molecular formula is C16H27NO3. The van der Waals surface area contributed by atoms with Crippen LogP contribution in [0.1, 0.15) is 71.1 Å². The van der Waals surface area contributed by atoms with Crippen LogP contribution in [0.25, 0.3) is 0 Å². The molecule has 0 radical (unpaired) electrons. The van der Waals surface area contributed by atoms with Gasteiger partial charge in [0.15, 0.2) is 0 Å². The van der Waals surface area contributed by atoms with Gasteiger partial charge in [0.1, 0.15) is 0 Å². The zero-order valence-corrected chi connectivity index (χ0v) is 12.6. The lowest BCUT2D eigenvalue weighted by atomic mass is 9.82. The number of carboxylic acids is 1. The van der Waals surface area contributed by atoms with Crippen LogP contribution >= 0.6 is 0 Å². The molecule has 0 spiro atoms. The van der Waals surface area contributed by atoms with Crippen molar-refractivity contribution in [3.8, 4) is 0 Å². The number of aliphatic carboxylic acids is 1. The van der Waals surface area contributed by atoms with Gasteiger partial charge in [-0.15, -0.1) is 0 Å². The number of nitrogens with zero attached hydrogens (tertiary/aromatic N) is 1. The van der Waals surface area contributed by atoms with Gasteiger partial charge in [-0.25, -0.2) is 0 Å². The van der Waals surface area contributed by atoms with E-state index in [1.807, 2.05) is 11.8 Å². The van der Waals surface area contributed by atoms with E-state index in [1.54, 1.807) is 0 Å². The Hall–Kier alpha value is -1.06. The van der Waals surface area contributed by atoms with Gasteiger partial charge in [0, 0.05) is 19.0 Å². The number of amides is 1. The zero-order valence-electron chi connectivity index (χ0n) is 12.6. The van der Waals surface area contributed by atoms with Crippen LogP contribution in [0, 0.1) is 5.41 Å². The van der Waals surface area contributed by atoms with Crippen LogP contribution in [-0.4, -0.2) is 34.5 Å².